The van der Waals surface area contributed by atoms with Crippen LogP contribution in [-0.2, 0) is 0 Å². The fourth-order valence-corrected chi connectivity index (χ4v) is 3.42. The molecule has 0 aliphatic rings. The van der Waals surface area contributed by atoms with Crippen molar-refractivity contribution in [3.63, 3.8) is 0 Å². The van der Waals surface area contributed by atoms with E-state index in [4.69, 9.17) is 0 Å². The Morgan fingerprint density at radius 3 is 2.48 bits per heavy atom. The zero-order valence-corrected chi connectivity index (χ0v) is 13.9. The number of non-ortho nitro benzene ring substituents is 1. The number of hydrogen-bond donors (Lipinski definition) is 1. The van der Waals surface area contributed by atoms with Crippen molar-refractivity contribution >= 4 is 45.0 Å². The van der Waals surface area contributed by atoms with E-state index in [1.165, 1.54) is 24.1 Å². The van der Waals surface area contributed by atoms with E-state index >= 15 is 0 Å². The van der Waals surface area contributed by atoms with Crippen LogP contribution >= 0.6 is 11.9 Å². The van der Waals surface area contributed by atoms with Crippen molar-refractivity contribution in [2.75, 3.05) is 4.72 Å². The SMILES string of the molecule is O=[N+]([O-])c1ccc(SNc2cccc3ccc4cccnc4c23)cc1. The summed E-state index contributed by atoms with van der Waals surface area (Å²) in [6.45, 7) is 0. The first-order chi connectivity index (χ1) is 12.2. The molecule has 25 heavy (non-hydrogen) atoms. The van der Waals surface area contributed by atoms with Crippen molar-refractivity contribution in [1.29, 1.82) is 0 Å². The Hall–Kier alpha value is -3.12. The van der Waals surface area contributed by atoms with Crippen LogP contribution < -0.4 is 4.72 Å². The van der Waals surface area contributed by atoms with Crippen LogP contribution in [0, 0.1) is 10.1 Å². The molecule has 0 spiro atoms. The summed E-state index contributed by atoms with van der Waals surface area (Å²) in [5, 5.41) is 14.0. The minimum atomic E-state index is -0.398. The highest BCUT2D eigenvalue weighted by Gasteiger charge is 2.08. The fraction of sp³-hybridized carbons (Fsp3) is 0. The van der Waals surface area contributed by atoms with Crippen molar-refractivity contribution in [3.05, 3.63) is 83.0 Å². The largest absolute Gasteiger partial charge is 0.325 e. The second kappa shape index (κ2) is 6.41. The van der Waals surface area contributed by atoms with E-state index in [0.717, 1.165) is 32.3 Å². The third-order valence-corrected chi connectivity index (χ3v) is 4.77. The number of anilines is 1. The Kier molecular flexibility index (Phi) is 3.95. The van der Waals surface area contributed by atoms with Crippen LogP contribution in [0.4, 0.5) is 11.4 Å². The summed E-state index contributed by atoms with van der Waals surface area (Å²) in [7, 11) is 0. The molecule has 0 saturated heterocycles. The van der Waals surface area contributed by atoms with Gasteiger partial charge in [0.05, 0.1) is 16.1 Å². The lowest BCUT2D eigenvalue weighted by molar-refractivity contribution is -0.384. The maximum absolute atomic E-state index is 10.7. The molecular weight excluding hydrogens is 334 g/mol. The van der Waals surface area contributed by atoms with Crippen molar-refractivity contribution in [1.82, 2.24) is 4.98 Å². The second-order valence-corrected chi connectivity index (χ2v) is 6.38. The molecule has 0 bridgehead atoms. The molecule has 1 aromatic heterocycles. The van der Waals surface area contributed by atoms with Gasteiger partial charge >= 0.3 is 0 Å². The molecule has 6 heteroatoms. The molecule has 1 heterocycles. The van der Waals surface area contributed by atoms with E-state index in [2.05, 4.69) is 27.9 Å². The van der Waals surface area contributed by atoms with Gasteiger partial charge in [0.2, 0.25) is 0 Å². The lowest BCUT2D eigenvalue weighted by Crippen LogP contribution is -1.91. The maximum atomic E-state index is 10.7. The van der Waals surface area contributed by atoms with Gasteiger partial charge in [0.25, 0.3) is 5.69 Å². The average Bonchev–Trinajstić information content (AvgIpc) is 2.66. The summed E-state index contributed by atoms with van der Waals surface area (Å²) in [6, 6.07) is 20.7. The van der Waals surface area contributed by atoms with Crippen LogP contribution in [0.5, 0.6) is 0 Å². The molecule has 3 aromatic carbocycles. The first-order valence-corrected chi connectivity index (χ1v) is 8.48. The van der Waals surface area contributed by atoms with E-state index in [0.29, 0.717) is 0 Å². The van der Waals surface area contributed by atoms with Gasteiger partial charge in [-0.2, -0.15) is 0 Å². The number of aromatic nitrogens is 1. The van der Waals surface area contributed by atoms with Crippen LogP contribution in [-0.4, -0.2) is 9.91 Å². The second-order valence-electron chi connectivity index (χ2n) is 5.50. The fourth-order valence-electron chi connectivity index (χ4n) is 2.75. The average molecular weight is 347 g/mol. The van der Waals surface area contributed by atoms with Crippen LogP contribution in [0.15, 0.2) is 77.8 Å². The first kappa shape index (κ1) is 15.4. The molecule has 0 fully saturated rings. The van der Waals surface area contributed by atoms with E-state index in [9.17, 15) is 10.1 Å². The van der Waals surface area contributed by atoms with Gasteiger partial charge in [-0.15, -0.1) is 0 Å². The predicted molar refractivity (Wildman–Crippen MR) is 102 cm³/mol. The number of nitrogens with one attached hydrogen (secondary N) is 1. The zero-order valence-electron chi connectivity index (χ0n) is 13.0. The number of rotatable bonds is 4. The van der Waals surface area contributed by atoms with Gasteiger partial charge in [0.1, 0.15) is 0 Å². The molecule has 4 rings (SSSR count). The van der Waals surface area contributed by atoms with Crippen molar-refractivity contribution < 1.29 is 4.92 Å². The highest BCUT2D eigenvalue weighted by atomic mass is 32.2. The van der Waals surface area contributed by atoms with Gasteiger partial charge in [-0.3, -0.25) is 15.1 Å². The number of nitrogens with zero attached hydrogens (tertiary/aromatic N) is 2. The number of benzene rings is 3. The molecule has 0 amide bonds. The van der Waals surface area contributed by atoms with Gasteiger partial charge in [0, 0.05) is 34.0 Å². The number of nitro benzene ring substituents is 1. The Morgan fingerprint density at radius 1 is 0.920 bits per heavy atom. The first-order valence-electron chi connectivity index (χ1n) is 7.66. The summed E-state index contributed by atoms with van der Waals surface area (Å²) in [4.78, 5) is 15.8. The van der Waals surface area contributed by atoms with Crippen LogP contribution in [0.3, 0.4) is 0 Å². The van der Waals surface area contributed by atoms with Crippen LogP contribution in [0.2, 0.25) is 0 Å². The van der Waals surface area contributed by atoms with Gasteiger partial charge < -0.3 is 4.72 Å². The number of fused-ring (bicyclic) bond motifs is 3. The van der Waals surface area contributed by atoms with Crippen molar-refractivity contribution in [3.8, 4) is 0 Å². The molecule has 0 unspecified atom stereocenters. The summed E-state index contributed by atoms with van der Waals surface area (Å²) in [6.07, 6.45) is 1.79. The molecule has 4 aromatic rings. The highest BCUT2D eigenvalue weighted by Crippen LogP contribution is 2.33. The summed E-state index contributed by atoms with van der Waals surface area (Å²) >= 11 is 1.42. The molecule has 0 aliphatic heterocycles. The van der Waals surface area contributed by atoms with Crippen LogP contribution in [0.1, 0.15) is 0 Å². The van der Waals surface area contributed by atoms with E-state index in [1.54, 1.807) is 18.3 Å². The van der Waals surface area contributed by atoms with E-state index in [1.807, 2.05) is 24.3 Å². The van der Waals surface area contributed by atoms with Gasteiger partial charge in [-0.05, 0) is 41.6 Å². The van der Waals surface area contributed by atoms with Crippen molar-refractivity contribution in [2.24, 2.45) is 0 Å². The van der Waals surface area contributed by atoms with E-state index < -0.39 is 4.92 Å². The summed E-state index contributed by atoms with van der Waals surface area (Å²) < 4.78 is 3.35. The molecule has 1 N–H and O–H groups in total. The predicted octanol–water partition coefficient (Wildman–Crippen LogP) is 5.42. The molecule has 5 nitrogen and oxygen atoms in total. The molecule has 0 saturated carbocycles. The minimum Gasteiger partial charge on any atom is -0.325 e. The smallest absolute Gasteiger partial charge is 0.269 e. The lowest BCUT2D eigenvalue weighted by atomic mass is 10.0. The molecule has 0 radical (unpaired) electrons. The highest BCUT2D eigenvalue weighted by molar-refractivity contribution is 8.00. The lowest BCUT2D eigenvalue weighted by Gasteiger charge is -2.11. The Bertz CT molecular complexity index is 1080. The zero-order chi connectivity index (χ0) is 17.2. The summed E-state index contributed by atoms with van der Waals surface area (Å²) in [5.74, 6) is 0. The third-order valence-electron chi connectivity index (χ3n) is 3.94. The van der Waals surface area contributed by atoms with Gasteiger partial charge in [-0.1, -0.05) is 30.3 Å². The minimum absolute atomic E-state index is 0.0877. The Morgan fingerprint density at radius 2 is 1.68 bits per heavy atom. The van der Waals surface area contributed by atoms with Gasteiger partial charge in [-0.25, -0.2) is 0 Å². The maximum Gasteiger partial charge on any atom is 0.269 e. The quantitative estimate of drug-likeness (QED) is 0.231. The third kappa shape index (κ3) is 2.99. The molecule has 122 valence electrons. The van der Waals surface area contributed by atoms with Crippen molar-refractivity contribution in [2.45, 2.75) is 4.90 Å². The van der Waals surface area contributed by atoms with Crippen LogP contribution in [0.25, 0.3) is 21.7 Å². The number of nitro groups is 1. The topological polar surface area (TPSA) is 68.1 Å². The van der Waals surface area contributed by atoms with E-state index in [-0.39, 0.29) is 5.69 Å². The monoisotopic (exact) mass is 347 g/mol. The Balaban J connectivity index is 1.69. The summed E-state index contributed by atoms with van der Waals surface area (Å²) in [5.41, 5.74) is 2.00. The standard InChI is InChI=1S/C19H13N3O2S/c23-22(24)15-8-10-16(11-9-15)25-21-17-5-1-3-13-6-7-14-4-2-12-20-19(14)18(13)17/h1-12,21H. The number of pyridine rings is 1. The molecule has 0 aliphatic carbocycles. The normalized spacial score (nSPS) is 10.9. The molecular formula is C19H13N3O2S. The number of hydrogen-bond acceptors (Lipinski definition) is 5. The molecule has 0 atom stereocenters. The van der Waals surface area contributed by atoms with Gasteiger partial charge in [0.15, 0.2) is 0 Å². The Labute approximate surface area is 148 Å².